The topological polar surface area (TPSA) is 74.2 Å². The number of hydrogen-bond donors (Lipinski definition) is 3. The van der Waals surface area contributed by atoms with Crippen molar-refractivity contribution in [2.75, 3.05) is 5.32 Å². The summed E-state index contributed by atoms with van der Waals surface area (Å²) >= 11 is 0. The molecule has 0 bridgehead atoms. The molecule has 5 nitrogen and oxygen atoms in total. The van der Waals surface area contributed by atoms with Crippen molar-refractivity contribution in [3.63, 3.8) is 0 Å². The van der Waals surface area contributed by atoms with Crippen molar-refractivity contribution < 1.29 is 9.90 Å². The lowest BCUT2D eigenvalue weighted by molar-refractivity contribution is 0.118. The molecule has 2 rings (SSSR count). The van der Waals surface area contributed by atoms with Gasteiger partial charge in [0.25, 0.3) is 0 Å². The van der Waals surface area contributed by atoms with Gasteiger partial charge >= 0.3 is 6.03 Å². The number of aryl methyl sites for hydroxylation is 2. The Morgan fingerprint density at radius 2 is 1.95 bits per heavy atom. The standard InChI is InChI=1S/C14H21N3O2/c1-9-7-10(2)15-13(8-9)17-14(19)16-11-3-5-12(18)6-4-11/h7-8,11-12,18H,3-6H2,1-2H3,(H2,15,16,17,19). The van der Waals surface area contributed by atoms with Crippen LogP contribution in [-0.2, 0) is 0 Å². The second kappa shape index (κ2) is 6.02. The van der Waals surface area contributed by atoms with E-state index in [-0.39, 0.29) is 18.2 Å². The van der Waals surface area contributed by atoms with Crippen LogP contribution in [0.3, 0.4) is 0 Å². The molecule has 1 aliphatic carbocycles. The highest BCUT2D eigenvalue weighted by Gasteiger charge is 2.20. The van der Waals surface area contributed by atoms with Crippen LogP contribution in [0, 0.1) is 13.8 Å². The molecule has 3 N–H and O–H groups in total. The number of urea groups is 1. The van der Waals surface area contributed by atoms with Crippen molar-refractivity contribution in [3.8, 4) is 0 Å². The van der Waals surface area contributed by atoms with Crippen LogP contribution >= 0.6 is 0 Å². The minimum Gasteiger partial charge on any atom is -0.393 e. The number of hydrogen-bond acceptors (Lipinski definition) is 3. The maximum Gasteiger partial charge on any atom is 0.320 e. The first kappa shape index (κ1) is 13.8. The molecular weight excluding hydrogens is 242 g/mol. The Bertz CT molecular complexity index is 434. The average molecular weight is 263 g/mol. The number of anilines is 1. The third-order valence-electron chi connectivity index (χ3n) is 3.37. The molecule has 1 aliphatic rings. The van der Waals surface area contributed by atoms with E-state index in [2.05, 4.69) is 15.6 Å². The lowest BCUT2D eigenvalue weighted by atomic mass is 9.93. The van der Waals surface area contributed by atoms with Crippen LogP contribution in [-0.4, -0.2) is 28.3 Å². The molecule has 1 fully saturated rings. The molecule has 0 unspecified atom stereocenters. The van der Waals surface area contributed by atoms with Gasteiger partial charge < -0.3 is 10.4 Å². The van der Waals surface area contributed by atoms with E-state index in [1.165, 1.54) is 0 Å². The molecule has 0 aromatic carbocycles. The highest BCUT2D eigenvalue weighted by atomic mass is 16.3. The van der Waals surface area contributed by atoms with E-state index in [9.17, 15) is 9.90 Å². The first-order chi connectivity index (χ1) is 9.02. The highest BCUT2D eigenvalue weighted by Crippen LogP contribution is 2.18. The first-order valence-electron chi connectivity index (χ1n) is 6.74. The van der Waals surface area contributed by atoms with Crippen molar-refractivity contribution in [2.24, 2.45) is 0 Å². The van der Waals surface area contributed by atoms with Crippen LogP contribution in [0.25, 0.3) is 0 Å². The Morgan fingerprint density at radius 1 is 1.26 bits per heavy atom. The van der Waals surface area contributed by atoms with Gasteiger partial charge in [0.2, 0.25) is 0 Å². The summed E-state index contributed by atoms with van der Waals surface area (Å²) in [5.74, 6) is 0.575. The molecule has 1 saturated carbocycles. The van der Waals surface area contributed by atoms with Crippen LogP contribution in [0.2, 0.25) is 0 Å². The largest absolute Gasteiger partial charge is 0.393 e. The fourth-order valence-electron chi connectivity index (χ4n) is 2.46. The third kappa shape index (κ3) is 4.21. The van der Waals surface area contributed by atoms with Crippen LogP contribution in [0.15, 0.2) is 12.1 Å². The van der Waals surface area contributed by atoms with Crippen LogP contribution in [0.1, 0.15) is 36.9 Å². The fraction of sp³-hybridized carbons (Fsp3) is 0.571. The molecular formula is C14H21N3O2. The summed E-state index contributed by atoms with van der Waals surface area (Å²) in [7, 11) is 0. The fourth-order valence-corrected chi connectivity index (χ4v) is 2.46. The van der Waals surface area contributed by atoms with E-state index < -0.39 is 0 Å². The molecule has 1 aromatic rings. The Kier molecular flexibility index (Phi) is 4.37. The van der Waals surface area contributed by atoms with Gasteiger partial charge in [-0.1, -0.05) is 0 Å². The average Bonchev–Trinajstić information content (AvgIpc) is 2.30. The summed E-state index contributed by atoms with van der Waals surface area (Å²) < 4.78 is 0. The Balaban J connectivity index is 1.87. The number of pyridine rings is 1. The Morgan fingerprint density at radius 3 is 2.58 bits per heavy atom. The molecule has 0 radical (unpaired) electrons. The molecule has 0 atom stereocenters. The Hall–Kier alpha value is -1.62. The summed E-state index contributed by atoms with van der Waals surface area (Å²) in [6, 6.07) is 3.73. The van der Waals surface area contributed by atoms with E-state index in [0.717, 1.165) is 36.9 Å². The zero-order chi connectivity index (χ0) is 13.8. The van der Waals surface area contributed by atoms with Crippen molar-refractivity contribution in [2.45, 2.75) is 51.7 Å². The first-order valence-corrected chi connectivity index (χ1v) is 6.74. The SMILES string of the molecule is Cc1cc(C)nc(NC(=O)NC2CCC(O)CC2)c1. The summed E-state index contributed by atoms with van der Waals surface area (Å²) in [4.78, 5) is 16.1. The number of aliphatic hydroxyl groups is 1. The zero-order valence-corrected chi connectivity index (χ0v) is 11.4. The summed E-state index contributed by atoms with van der Waals surface area (Å²) in [5.41, 5.74) is 1.96. The highest BCUT2D eigenvalue weighted by molar-refractivity contribution is 5.88. The number of amides is 2. The molecule has 5 heteroatoms. The second-order valence-corrected chi connectivity index (χ2v) is 5.28. The minimum atomic E-state index is -0.223. The molecule has 0 saturated heterocycles. The quantitative estimate of drug-likeness (QED) is 0.765. The van der Waals surface area contributed by atoms with E-state index >= 15 is 0 Å². The van der Waals surface area contributed by atoms with Gasteiger partial charge in [0.1, 0.15) is 5.82 Å². The maximum absolute atomic E-state index is 11.9. The van der Waals surface area contributed by atoms with Gasteiger partial charge in [0.15, 0.2) is 0 Å². The molecule has 104 valence electrons. The van der Waals surface area contributed by atoms with Crippen LogP contribution in [0.4, 0.5) is 10.6 Å². The number of carbonyl (C=O) groups excluding carboxylic acids is 1. The van der Waals surface area contributed by atoms with Gasteiger partial charge in [0.05, 0.1) is 6.10 Å². The van der Waals surface area contributed by atoms with Gasteiger partial charge in [-0.25, -0.2) is 9.78 Å². The summed E-state index contributed by atoms with van der Waals surface area (Å²) in [6.07, 6.45) is 2.96. The van der Waals surface area contributed by atoms with Gasteiger partial charge in [-0.15, -0.1) is 0 Å². The van der Waals surface area contributed by atoms with E-state index in [1.54, 1.807) is 0 Å². The molecule has 2 amide bonds. The summed E-state index contributed by atoms with van der Waals surface area (Å²) in [6.45, 7) is 3.87. The number of rotatable bonds is 2. The third-order valence-corrected chi connectivity index (χ3v) is 3.37. The van der Waals surface area contributed by atoms with Crippen molar-refractivity contribution >= 4 is 11.8 Å². The number of aromatic nitrogens is 1. The monoisotopic (exact) mass is 263 g/mol. The summed E-state index contributed by atoms with van der Waals surface area (Å²) in [5, 5.41) is 15.1. The van der Waals surface area contributed by atoms with Gasteiger partial charge in [-0.05, 0) is 57.2 Å². The number of nitrogens with one attached hydrogen (secondary N) is 2. The molecule has 19 heavy (non-hydrogen) atoms. The number of nitrogens with zero attached hydrogens (tertiary/aromatic N) is 1. The minimum absolute atomic E-state index is 0.148. The van der Waals surface area contributed by atoms with Crippen LogP contribution in [0.5, 0.6) is 0 Å². The molecule has 0 spiro atoms. The smallest absolute Gasteiger partial charge is 0.320 e. The lowest BCUT2D eigenvalue weighted by Crippen LogP contribution is -2.41. The van der Waals surface area contributed by atoms with Gasteiger partial charge in [-0.3, -0.25) is 5.32 Å². The zero-order valence-electron chi connectivity index (χ0n) is 11.4. The van der Waals surface area contributed by atoms with Crippen molar-refractivity contribution in [1.29, 1.82) is 0 Å². The normalized spacial score (nSPS) is 22.9. The van der Waals surface area contributed by atoms with Crippen LogP contribution < -0.4 is 10.6 Å². The van der Waals surface area contributed by atoms with Crippen molar-refractivity contribution in [1.82, 2.24) is 10.3 Å². The van der Waals surface area contributed by atoms with E-state index in [4.69, 9.17) is 0 Å². The number of aliphatic hydroxyl groups excluding tert-OH is 1. The van der Waals surface area contributed by atoms with Gasteiger partial charge in [-0.2, -0.15) is 0 Å². The van der Waals surface area contributed by atoms with Crippen molar-refractivity contribution in [3.05, 3.63) is 23.4 Å². The van der Waals surface area contributed by atoms with E-state index in [0.29, 0.717) is 5.82 Å². The predicted octanol–water partition coefficient (Wildman–Crippen LogP) is 2.12. The predicted molar refractivity (Wildman–Crippen MR) is 74.1 cm³/mol. The second-order valence-electron chi connectivity index (χ2n) is 5.28. The molecule has 1 heterocycles. The maximum atomic E-state index is 11.9. The van der Waals surface area contributed by atoms with Gasteiger partial charge in [0, 0.05) is 11.7 Å². The molecule has 0 aliphatic heterocycles. The van der Waals surface area contributed by atoms with E-state index in [1.807, 2.05) is 26.0 Å². The molecule has 1 aromatic heterocycles. The lowest BCUT2D eigenvalue weighted by Gasteiger charge is -2.26. The number of carbonyl (C=O) groups is 1. The Labute approximate surface area is 113 Å².